The Morgan fingerprint density at radius 3 is 2.83 bits per heavy atom. The van der Waals surface area contributed by atoms with Crippen LogP contribution in [0.3, 0.4) is 0 Å². The topological polar surface area (TPSA) is 67.9 Å². The molecule has 0 aliphatic heterocycles. The number of hydrogen-bond acceptors (Lipinski definition) is 5. The van der Waals surface area contributed by atoms with Crippen LogP contribution >= 0.6 is 11.6 Å². The normalized spacial score (nSPS) is 10.4. The van der Waals surface area contributed by atoms with Crippen molar-refractivity contribution in [3.8, 4) is 0 Å². The summed E-state index contributed by atoms with van der Waals surface area (Å²) in [5.41, 5.74) is 8.16. The summed E-state index contributed by atoms with van der Waals surface area (Å²) in [7, 11) is 1.89. The smallest absolute Gasteiger partial charge is 0.157 e. The van der Waals surface area contributed by atoms with Crippen LogP contribution in [0, 0.1) is 6.92 Å². The minimum absolute atomic E-state index is 0.268. The summed E-state index contributed by atoms with van der Waals surface area (Å²) < 4.78 is 0. The summed E-state index contributed by atoms with van der Waals surface area (Å²) >= 11 is 5.87. The van der Waals surface area contributed by atoms with E-state index >= 15 is 0 Å². The van der Waals surface area contributed by atoms with Crippen LogP contribution in [0.25, 0.3) is 0 Å². The Hall–Kier alpha value is -1.88. The molecule has 5 nitrogen and oxygen atoms in total. The van der Waals surface area contributed by atoms with E-state index in [9.17, 15) is 0 Å². The molecule has 0 unspecified atom stereocenters. The van der Waals surface area contributed by atoms with Gasteiger partial charge in [0, 0.05) is 12.7 Å². The van der Waals surface area contributed by atoms with Crippen molar-refractivity contribution in [1.29, 1.82) is 0 Å². The number of nitrogen functional groups attached to an aromatic ring is 1. The zero-order valence-electron chi connectivity index (χ0n) is 10.3. The third-order valence-electron chi connectivity index (χ3n) is 2.52. The Kier molecular flexibility index (Phi) is 3.62. The van der Waals surface area contributed by atoms with Crippen LogP contribution in [0.4, 0.5) is 11.5 Å². The SMILES string of the molecule is Cc1cccc(CN(C)c2ncnc(Cl)c2N)n1. The van der Waals surface area contributed by atoms with E-state index in [1.165, 1.54) is 6.33 Å². The van der Waals surface area contributed by atoms with E-state index in [1.807, 2.05) is 37.1 Å². The van der Waals surface area contributed by atoms with Gasteiger partial charge in [0.05, 0.1) is 12.2 Å². The highest BCUT2D eigenvalue weighted by atomic mass is 35.5. The number of aryl methyl sites for hydroxylation is 1. The van der Waals surface area contributed by atoms with Gasteiger partial charge in [-0.05, 0) is 19.1 Å². The molecule has 94 valence electrons. The molecular formula is C12H14ClN5. The molecule has 2 aromatic rings. The van der Waals surface area contributed by atoms with Gasteiger partial charge in [0.25, 0.3) is 0 Å². The Morgan fingerprint density at radius 1 is 1.33 bits per heavy atom. The summed E-state index contributed by atoms with van der Waals surface area (Å²) in [5, 5.41) is 0.268. The summed E-state index contributed by atoms with van der Waals surface area (Å²) in [4.78, 5) is 14.3. The highest BCUT2D eigenvalue weighted by molar-refractivity contribution is 6.32. The van der Waals surface area contributed by atoms with Gasteiger partial charge in [0.2, 0.25) is 0 Å². The molecule has 2 rings (SSSR count). The molecule has 2 aromatic heterocycles. The first-order valence-corrected chi connectivity index (χ1v) is 5.85. The standard InChI is InChI=1S/C12H14ClN5/c1-8-4-3-5-9(17-8)6-18(2)12-10(14)11(13)15-7-16-12/h3-5,7H,6,14H2,1-2H3. The highest BCUT2D eigenvalue weighted by Crippen LogP contribution is 2.25. The number of pyridine rings is 1. The molecule has 0 aromatic carbocycles. The second kappa shape index (κ2) is 5.18. The molecular weight excluding hydrogens is 250 g/mol. The molecule has 0 aliphatic rings. The van der Waals surface area contributed by atoms with Crippen LogP contribution in [-0.4, -0.2) is 22.0 Å². The van der Waals surface area contributed by atoms with E-state index in [4.69, 9.17) is 17.3 Å². The van der Waals surface area contributed by atoms with E-state index in [0.29, 0.717) is 18.1 Å². The second-order valence-corrected chi connectivity index (χ2v) is 4.39. The Labute approximate surface area is 111 Å². The highest BCUT2D eigenvalue weighted by Gasteiger charge is 2.11. The number of nitrogens with zero attached hydrogens (tertiary/aromatic N) is 4. The number of anilines is 2. The van der Waals surface area contributed by atoms with Crippen molar-refractivity contribution in [3.05, 3.63) is 41.1 Å². The summed E-state index contributed by atoms with van der Waals surface area (Å²) in [5.74, 6) is 0.610. The van der Waals surface area contributed by atoms with Gasteiger partial charge in [-0.1, -0.05) is 17.7 Å². The van der Waals surface area contributed by atoms with E-state index in [1.54, 1.807) is 0 Å². The van der Waals surface area contributed by atoms with Gasteiger partial charge in [-0.3, -0.25) is 4.98 Å². The average molecular weight is 264 g/mol. The van der Waals surface area contributed by atoms with Crippen molar-refractivity contribution in [3.63, 3.8) is 0 Å². The molecule has 2 heterocycles. The van der Waals surface area contributed by atoms with E-state index in [2.05, 4.69) is 15.0 Å². The quantitative estimate of drug-likeness (QED) is 0.859. The lowest BCUT2D eigenvalue weighted by atomic mass is 10.3. The molecule has 2 N–H and O–H groups in total. The monoisotopic (exact) mass is 263 g/mol. The summed E-state index contributed by atoms with van der Waals surface area (Å²) in [6.45, 7) is 2.57. The number of hydrogen-bond donors (Lipinski definition) is 1. The summed E-state index contributed by atoms with van der Waals surface area (Å²) in [6.07, 6.45) is 1.40. The number of halogens is 1. The lowest BCUT2D eigenvalue weighted by Gasteiger charge is -2.19. The Bertz CT molecular complexity index is 558. The summed E-state index contributed by atoms with van der Waals surface area (Å²) in [6, 6.07) is 5.89. The molecule has 0 aliphatic carbocycles. The maximum atomic E-state index is 5.87. The van der Waals surface area contributed by atoms with Crippen molar-refractivity contribution in [2.45, 2.75) is 13.5 Å². The molecule has 0 radical (unpaired) electrons. The van der Waals surface area contributed by atoms with Crippen LogP contribution < -0.4 is 10.6 Å². The number of nitrogens with two attached hydrogens (primary N) is 1. The number of aromatic nitrogens is 3. The van der Waals surface area contributed by atoms with Gasteiger partial charge in [-0.2, -0.15) is 0 Å². The Balaban J connectivity index is 2.22. The van der Waals surface area contributed by atoms with Gasteiger partial charge >= 0.3 is 0 Å². The first kappa shape index (κ1) is 12.6. The van der Waals surface area contributed by atoms with Gasteiger partial charge in [0.15, 0.2) is 11.0 Å². The Morgan fingerprint density at radius 2 is 2.11 bits per heavy atom. The van der Waals surface area contributed by atoms with Crippen molar-refractivity contribution in [2.24, 2.45) is 0 Å². The molecule has 0 atom stereocenters. The molecule has 6 heteroatoms. The molecule has 0 amide bonds. The van der Waals surface area contributed by atoms with E-state index < -0.39 is 0 Å². The van der Waals surface area contributed by atoms with Gasteiger partial charge in [-0.15, -0.1) is 0 Å². The zero-order chi connectivity index (χ0) is 13.1. The largest absolute Gasteiger partial charge is 0.393 e. The van der Waals surface area contributed by atoms with Gasteiger partial charge in [0.1, 0.15) is 12.0 Å². The van der Waals surface area contributed by atoms with Crippen LogP contribution in [0.15, 0.2) is 24.5 Å². The second-order valence-electron chi connectivity index (χ2n) is 4.03. The third-order valence-corrected chi connectivity index (χ3v) is 2.82. The van der Waals surface area contributed by atoms with Crippen molar-refractivity contribution in [1.82, 2.24) is 15.0 Å². The fourth-order valence-electron chi connectivity index (χ4n) is 1.68. The molecule has 0 spiro atoms. The van der Waals surface area contributed by atoms with Crippen molar-refractivity contribution in [2.75, 3.05) is 17.7 Å². The van der Waals surface area contributed by atoms with Crippen molar-refractivity contribution >= 4 is 23.1 Å². The minimum Gasteiger partial charge on any atom is -0.393 e. The van der Waals surface area contributed by atoms with Crippen LogP contribution in [0.1, 0.15) is 11.4 Å². The molecule has 0 saturated carbocycles. The van der Waals surface area contributed by atoms with Crippen LogP contribution in [0.2, 0.25) is 5.15 Å². The third kappa shape index (κ3) is 2.68. The molecule has 18 heavy (non-hydrogen) atoms. The lowest BCUT2D eigenvalue weighted by molar-refractivity contribution is 0.857. The predicted molar refractivity (Wildman–Crippen MR) is 72.5 cm³/mol. The maximum Gasteiger partial charge on any atom is 0.157 e. The van der Waals surface area contributed by atoms with Crippen molar-refractivity contribution < 1.29 is 0 Å². The van der Waals surface area contributed by atoms with E-state index in [-0.39, 0.29) is 5.15 Å². The fraction of sp³-hybridized carbons (Fsp3) is 0.250. The minimum atomic E-state index is 0.268. The van der Waals surface area contributed by atoms with E-state index in [0.717, 1.165) is 11.4 Å². The molecule has 0 bridgehead atoms. The predicted octanol–water partition coefficient (Wildman–Crippen LogP) is 2.05. The lowest BCUT2D eigenvalue weighted by Crippen LogP contribution is -2.20. The maximum absolute atomic E-state index is 5.87. The number of rotatable bonds is 3. The zero-order valence-corrected chi connectivity index (χ0v) is 11.0. The van der Waals surface area contributed by atoms with Gasteiger partial charge < -0.3 is 10.6 Å². The molecule has 0 fully saturated rings. The first-order valence-electron chi connectivity index (χ1n) is 5.47. The first-order chi connectivity index (χ1) is 8.58. The van der Waals surface area contributed by atoms with Crippen LogP contribution in [0.5, 0.6) is 0 Å². The average Bonchev–Trinajstić information content (AvgIpc) is 2.32. The van der Waals surface area contributed by atoms with Crippen LogP contribution in [-0.2, 0) is 6.54 Å². The molecule has 0 saturated heterocycles. The fourth-order valence-corrected chi connectivity index (χ4v) is 1.80. The van der Waals surface area contributed by atoms with Gasteiger partial charge in [-0.25, -0.2) is 9.97 Å².